The van der Waals surface area contributed by atoms with Crippen LogP contribution in [0.4, 0.5) is 0 Å². The maximum absolute atomic E-state index is 11.5. The van der Waals surface area contributed by atoms with Crippen molar-refractivity contribution >= 4 is 5.97 Å². The van der Waals surface area contributed by atoms with Crippen molar-refractivity contribution in [2.75, 3.05) is 6.61 Å². The fourth-order valence-corrected chi connectivity index (χ4v) is 2.67. The van der Waals surface area contributed by atoms with Crippen LogP contribution in [0, 0.1) is 0 Å². The largest absolute Gasteiger partial charge is 0.466 e. The van der Waals surface area contributed by atoms with Gasteiger partial charge in [-0.15, -0.1) is 0 Å². The molecule has 0 spiro atoms. The summed E-state index contributed by atoms with van der Waals surface area (Å²) in [5.74, 6) is 1.22. The molecule has 3 aromatic rings. The standard InChI is InChI=1S/C21H21NO3/c1-2-24-19(23)15-9-14-18-22-20(16-10-5-3-6-11-16)21(25-18)17-12-7-4-8-13-17/h3-8,10-13H,2,9,14-15H2,1H3. The second-order valence-electron chi connectivity index (χ2n) is 5.68. The zero-order valence-corrected chi connectivity index (χ0v) is 14.3. The van der Waals surface area contributed by atoms with Crippen LogP contribution in [0.2, 0.25) is 0 Å². The summed E-state index contributed by atoms with van der Waals surface area (Å²) in [6, 6.07) is 19.9. The number of ether oxygens (including phenoxy) is 1. The van der Waals surface area contributed by atoms with Crippen LogP contribution in [-0.2, 0) is 16.0 Å². The molecule has 0 amide bonds. The zero-order chi connectivity index (χ0) is 17.5. The highest BCUT2D eigenvalue weighted by atomic mass is 16.5. The molecule has 0 radical (unpaired) electrons. The van der Waals surface area contributed by atoms with E-state index < -0.39 is 0 Å². The lowest BCUT2D eigenvalue weighted by Crippen LogP contribution is -2.04. The highest BCUT2D eigenvalue weighted by Crippen LogP contribution is 2.32. The molecule has 3 rings (SSSR count). The maximum Gasteiger partial charge on any atom is 0.305 e. The minimum Gasteiger partial charge on any atom is -0.466 e. The lowest BCUT2D eigenvalue weighted by atomic mass is 10.1. The van der Waals surface area contributed by atoms with Crippen molar-refractivity contribution in [3.05, 3.63) is 66.6 Å². The lowest BCUT2D eigenvalue weighted by Gasteiger charge is -2.01. The Morgan fingerprint density at radius 1 is 1.00 bits per heavy atom. The predicted molar refractivity (Wildman–Crippen MR) is 96.9 cm³/mol. The first-order valence-corrected chi connectivity index (χ1v) is 8.54. The van der Waals surface area contributed by atoms with Crippen molar-refractivity contribution in [2.24, 2.45) is 0 Å². The average Bonchev–Trinajstić information content (AvgIpc) is 3.08. The molecule has 1 aromatic heterocycles. The number of aryl methyl sites for hydroxylation is 1. The minimum atomic E-state index is -0.180. The Bertz CT molecular complexity index is 753. The van der Waals surface area contributed by atoms with Gasteiger partial charge in [0.15, 0.2) is 11.7 Å². The second-order valence-corrected chi connectivity index (χ2v) is 5.68. The molecule has 0 saturated carbocycles. The van der Waals surface area contributed by atoms with E-state index >= 15 is 0 Å². The van der Waals surface area contributed by atoms with Gasteiger partial charge in [-0.05, 0) is 13.3 Å². The Kier molecular flexibility index (Phi) is 5.62. The Morgan fingerprint density at radius 2 is 1.64 bits per heavy atom. The maximum atomic E-state index is 11.5. The molecule has 0 unspecified atom stereocenters. The molecule has 4 heteroatoms. The summed E-state index contributed by atoms with van der Waals surface area (Å²) in [5, 5.41) is 0. The first-order chi connectivity index (χ1) is 12.3. The van der Waals surface area contributed by atoms with Gasteiger partial charge < -0.3 is 9.15 Å². The van der Waals surface area contributed by atoms with Crippen LogP contribution in [0.5, 0.6) is 0 Å². The minimum absolute atomic E-state index is 0.180. The summed E-state index contributed by atoms with van der Waals surface area (Å²) in [5.41, 5.74) is 2.84. The first kappa shape index (κ1) is 17.0. The van der Waals surface area contributed by atoms with Crippen molar-refractivity contribution in [3.63, 3.8) is 0 Å². The topological polar surface area (TPSA) is 52.3 Å². The number of hydrogen-bond acceptors (Lipinski definition) is 4. The SMILES string of the molecule is CCOC(=O)CCCc1nc(-c2ccccc2)c(-c2ccccc2)o1. The number of carbonyl (C=O) groups is 1. The van der Waals surface area contributed by atoms with E-state index in [9.17, 15) is 4.79 Å². The Morgan fingerprint density at radius 3 is 2.28 bits per heavy atom. The van der Waals surface area contributed by atoms with Crippen LogP contribution in [0.15, 0.2) is 65.1 Å². The third-order valence-electron chi connectivity index (χ3n) is 3.83. The molecule has 0 aliphatic heterocycles. The third-order valence-corrected chi connectivity index (χ3v) is 3.83. The van der Waals surface area contributed by atoms with Gasteiger partial charge in [-0.2, -0.15) is 0 Å². The van der Waals surface area contributed by atoms with Crippen LogP contribution in [0.3, 0.4) is 0 Å². The lowest BCUT2D eigenvalue weighted by molar-refractivity contribution is -0.143. The summed E-state index contributed by atoms with van der Waals surface area (Å²) < 4.78 is 11.0. The monoisotopic (exact) mass is 335 g/mol. The number of aromatic nitrogens is 1. The van der Waals surface area contributed by atoms with E-state index in [1.165, 1.54) is 0 Å². The molecule has 4 nitrogen and oxygen atoms in total. The number of hydrogen-bond donors (Lipinski definition) is 0. The van der Waals surface area contributed by atoms with Crippen LogP contribution in [-0.4, -0.2) is 17.6 Å². The van der Waals surface area contributed by atoms with E-state index in [2.05, 4.69) is 4.98 Å². The Labute approximate surface area is 147 Å². The van der Waals surface area contributed by atoms with Gasteiger partial charge in [-0.1, -0.05) is 60.7 Å². The second kappa shape index (κ2) is 8.29. The average molecular weight is 335 g/mol. The van der Waals surface area contributed by atoms with Crippen molar-refractivity contribution in [3.8, 4) is 22.6 Å². The normalized spacial score (nSPS) is 10.6. The van der Waals surface area contributed by atoms with Gasteiger partial charge in [0.25, 0.3) is 0 Å². The summed E-state index contributed by atoms with van der Waals surface area (Å²) in [4.78, 5) is 16.2. The molecule has 0 aliphatic rings. The summed E-state index contributed by atoms with van der Waals surface area (Å²) >= 11 is 0. The van der Waals surface area contributed by atoms with E-state index in [1.807, 2.05) is 67.6 Å². The van der Waals surface area contributed by atoms with Gasteiger partial charge >= 0.3 is 5.97 Å². The number of nitrogens with zero attached hydrogens (tertiary/aromatic N) is 1. The van der Waals surface area contributed by atoms with Crippen molar-refractivity contribution in [2.45, 2.75) is 26.2 Å². The number of carbonyl (C=O) groups excluding carboxylic acids is 1. The fourth-order valence-electron chi connectivity index (χ4n) is 2.67. The molecule has 0 aliphatic carbocycles. The molecular formula is C21H21NO3. The Hall–Kier alpha value is -2.88. The molecule has 0 N–H and O–H groups in total. The number of rotatable bonds is 7. The van der Waals surface area contributed by atoms with Crippen LogP contribution >= 0.6 is 0 Å². The number of benzene rings is 2. The van der Waals surface area contributed by atoms with Gasteiger partial charge in [-0.3, -0.25) is 4.79 Å². The van der Waals surface area contributed by atoms with Crippen molar-refractivity contribution < 1.29 is 13.9 Å². The molecule has 25 heavy (non-hydrogen) atoms. The summed E-state index contributed by atoms with van der Waals surface area (Å²) in [6.45, 7) is 2.22. The molecule has 1 heterocycles. The van der Waals surface area contributed by atoms with Gasteiger partial charge in [0.05, 0.1) is 6.61 Å². The van der Waals surface area contributed by atoms with Crippen molar-refractivity contribution in [1.82, 2.24) is 4.98 Å². The smallest absolute Gasteiger partial charge is 0.305 e. The summed E-state index contributed by atoms with van der Waals surface area (Å²) in [7, 11) is 0. The zero-order valence-electron chi connectivity index (χ0n) is 14.3. The van der Waals surface area contributed by atoms with Crippen LogP contribution in [0.1, 0.15) is 25.7 Å². The molecular weight excluding hydrogens is 314 g/mol. The third kappa shape index (κ3) is 4.35. The van der Waals surface area contributed by atoms with E-state index in [-0.39, 0.29) is 5.97 Å². The van der Waals surface area contributed by atoms with E-state index in [1.54, 1.807) is 0 Å². The molecule has 0 fully saturated rings. The van der Waals surface area contributed by atoms with Crippen LogP contribution in [0.25, 0.3) is 22.6 Å². The number of esters is 1. The Balaban J connectivity index is 1.84. The molecule has 0 saturated heterocycles. The molecule has 128 valence electrons. The predicted octanol–water partition coefficient (Wildman–Crippen LogP) is 4.89. The fraction of sp³-hybridized carbons (Fsp3) is 0.238. The van der Waals surface area contributed by atoms with Gasteiger partial charge in [-0.25, -0.2) is 4.98 Å². The van der Waals surface area contributed by atoms with Gasteiger partial charge in [0.1, 0.15) is 5.69 Å². The van der Waals surface area contributed by atoms with E-state index in [0.717, 1.165) is 22.6 Å². The van der Waals surface area contributed by atoms with Gasteiger partial charge in [0.2, 0.25) is 0 Å². The van der Waals surface area contributed by atoms with E-state index in [4.69, 9.17) is 9.15 Å². The van der Waals surface area contributed by atoms with Gasteiger partial charge in [0, 0.05) is 24.0 Å². The highest BCUT2D eigenvalue weighted by molar-refractivity contribution is 5.76. The molecule has 0 bridgehead atoms. The molecule has 2 aromatic carbocycles. The quantitative estimate of drug-likeness (QED) is 0.577. The van der Waals surface area contributed by atoms with Crippen molar-refractivity contribution in [1.29, 1.82) is 0 Å². The van der Waals surface area contributed by atoms with Crippen LogP contribution < -0.4 is 0 Å². The summed E-state index contributed by atoms with van der Waals surface area (Å²) in [6.07, 6.45) is 1.63. The van der Waals surface area contributed by atoms with E-state index in [0.29, 0.717) is 31.8 Å². The highest BCUT2D eigenvalue weighted by Gasteiger charge is 2.16. The molecule has 0 atom stereocenters. The first-order valence-electron chi connectivity index (χ1n) is 8.54. The number of oxazole rings is 1.